The maximum atomic E-state index is 12.8. The van der Waals surface area contributed by atoms with Gasteiger partial charge in [-0.2, -0.15) is 0 Å². The number of rotatable bonds is 10. The predicted molar refractivity (Wildman–Crippen MR) is 111 cm³/mol. The van der Waals surface area contributed by atoms with Crippen LogP contribution in [0.5, 0.6) is 0 Å². The molecule has 0 fully saturated rings. The van der Waals surface area contributed by atoms with Crippen LogP contribution >= 0.6 is 0 Å². The van der Waals surface area contributed by atoms with Gasteiger partial charge in [-0.15, -0.1) is 0 Å². The number of hydrogen-bond acceptors (Lipinski definition) is 6. The zero-order chi connectivity index (χ0) is 26.7. The molecule has 7 nitrogen and oxygen atoms in total. The van der Waals surface area contributed by atoms with Crippen LogP contribution in [0.4, 0.5) is 0 Å². The number of aliphatic carboxylic acids is 1. The molecule has 0 unspecified atom stereocenters. The SMILES string of the molecule is [2H]C([2H])([2H])C([2H])([2H])[C@H](C)C(=O)O[C@H]1C[C@H](O)C=C2C=C[C@H](C)[C@H](CC[C@@H](O)C[C@@H](O)CC(=O)O)[C@H]21. The molecule has 0 aromatic carbocycles. The third-order valence-electron chi connectivity index (χ3n) is 6.00. The Labute approximate surface area is 185 Å². The zero-order valence-corrected chi connectivity index (χ0v) is 17.4. The maximum absolute atomic E-state index is 12.8. The second-order valence-electron chi connectivity index (χ2n) is 8.44. The van der Waals surface area contributed by atoms with E-state index < -0.39 is 61.9 Å². The normalized spacial score (nSPS) is 34.6. The van der Waals surface area contributed by atoms with E-state index in [4.69, 9.17) is 16.7 Å². The van der Waals surface area contributed by atoms with E-state index in [2.05, 4.69) is 0 Å². The molecule has 0 amide bonds. The molecule has 0 saturated carbocycles. The van der Waals surface area contributed by atoms with Gasteiger partial charge in [0.25, 0.3) is 0 Å². The van der Waals surface area contributed by atoms with E-state index in [0.717, 1.165) is 5.57 Å². The molecule has 0 aliphatic heterocycles. The molecule has 8 atom stereocenters. The molecule has 0 aromatic heterocycles. The number of fused-ring (bicyclic) bond motifs is 1. The van der Waals surface area contributed by atoms with Gasteiger partial charge >= 0.3 is 11.9 Å². The largest absolute Gasteiger partial charge is 0.481 e. The summed E-state index contributed by atoms with van der Waals surface area (Å²) in [6.07, 6.45) is -0.912. The molecule has 0 heterocycles. The van der Waals surface area contributed by atoms with Gasteiger partial charge < -0.3 is 25.2 Å². The van der Waals surface area contributed by atoms with Crippen molar-refractivity contribution in [3.05, 3.63) is 23.8 Å². The quantitative estimate of drug-likeness (QED) is 0.393. The van der Waals surface area contributed by atoms with Gasteiger partial charge in [-0.1, -0.05) is 38.9 Å². The van der Waals surface area contributed by atoms with Gasteiger partial charge in [0.2, 0.25) is 0 Å². The average Bonchev–Trinajstić information content (AvgIpc) is 2.70. The molecule has 170 valence electrons. The smallest absolute Gasteiger partial charge is 0.308 e. The summed E-state index contributed by atoms with van der Waals surface area (Å²) >= 11 is 0. The van der Waals surface area contributed by atoms with Crippen LogP contribution in [-0.2, 0) is 14.3 Å². The van der Waals surface area contributed by atoms with Gasteiger partial charge in [0.1, 0.15) is 6.10 Å². The predicted octanol–water partition coefficient (Wildman–Crippen LogP) is 2.44. The van der Waals surface area contributed by atoms with Crippen LogP contribution in [-0.4, -0.2) is 56.8 Å². The van der Waals surface area contributed by atoms with Crippen molar-refractivity contribution in [2.45, 2.75) is 83.6 Å². The second kappa shape index (κ2) is 11.1. The number of carboxylic acid groups (broad SMARTS) is 1. The van der Waals surface area contributed by atoms with Crippen LogP contribution in [0.2, 0.25) is 0 Å². The minimum atomic E-state index is -3.02. The molecule has 4 N–H and O–H groups in total. The number of allylic oxidation sites excluding steroid dienone is 2. The lowest BCUT2D eigenvalue weighted by Gasteiger charge is -2.43. The highest BCUT2D eigenvalue weighted by atomic mass is 16.5. The maximum Gasteiger partial charge on any atom is 0.308 e. The third kappa shape index (κ3) is 6.65. The summed E-state index contributed by atoms with van der Waals surface area (Å²) in [5, 5.41) is 39.2. The number of aliphatic hydroxyl groups excluding tert-OH is 3. The van der Waals surface area contributed by atoms with Crippen molar-refractivity contribution >= 4 is 11.9 Å². The summed E-state index contributed by atoms with van der Waals surface area (Å²) in [5.41, 5.74) is 0.747. The molecule has 0 saturated heterocycles. The second-order valence-corrected chi connectivity index (χ2v) is 8.44. The van der Waals surface area contributed by atoms with Crippen LogP contribution in [0.15, 0.2) is 23.8 Å². The fraction of sp³-hybridized carbons (Fsp3) is 0.739. The topological polar surface area (TPSA) is 124 Å². The number of esters is 1. The highest BCUT2D eigenvalue weighted by molar-refractivity contribution is 5.72. The van der Waals surface area contributed by atoms with Gasteiger partial charge in [-0.05, 0) is 43.0 Å². The fourth-order valence-corrected chi connectivity index (χ4v) is 4.40. The van der Waals surface area contributed by atoms with E-state index in [1.54, 1.807) is 6.08 Å². The molecule has 30 heavy (non-hydrogen) atoms. The fourth-order valence-electron chi connectivity index (χ4n) is 4.40. The Morgan fingerprint density at radius 3 is 2.77 bits per heavy atom. The summed E-state index contributed by atoms with van der Waals surface area (Å²) in [4.78, 5) is 23.5. The van der Waals surface area contributed by atoms with Gasteiger partial charge in [-0.25, -0.2) is 0 Å². The third-order valence-corrected chi connectivity index (χ3v) is 6.00. The molecule has 0 spiro atoms. The molecule has 0 aromatic rings. The number of carboxylic acids is 1. The molecular formula is C23H36O7. The standard InChI is InChI=1S/C23H36O7/c1-4-13(2)23(29)30-20-11-17(25)9-15-6-5-14(3)19(22(15)20)8-7-16(24)10-18(26)12-21(27)28/h5-6,9,13-14,16-20,22,24-26H,4,7-8,10-12H2,1-3H3,(H,27,28)/t13-,14-,16+,17+,18+,19-,20-,22-/m0/s1/i1D3,4D2. The van der Waals surface area contributed by atoms with Crippen LogP contribution in [0.3, 0.4) is 0 Å². The van der Waals surface area contributed by atoms with E-state index in [1.165, 1.54) is 6.92 Å². The monoisotopic (exact) mass is 429 g/mol. The van der Waals surface area contributed by atoms with E-state index in [-0.39, 0.29) is 37.0 Å². The van der Waals surface area contributed by atoms with Crippen LogP contribution in [0.25, 0.3) is 0 Å². The number of aliphatic hydroxyl groups is 3. The summed E-state index contributed by atoms with van der Waals surface area (Å²) < 4.78 is 43.6. The lowest BCUT2D eigenvalue weighted by Crippen LogP contribution is -2.43. The van der Waals surface area contributed by atoms with Gasteiger partial charge in [0.05, 0.1) is 30.7 Å². The van der Waals surface area contributed by atoms with E-state index >= 15 is 0 Å². The highest BCUT2D eigenvalue weighted by Crippen LogP contribution is 2.44. The Hall–Kier alpha value is -1.70. The van der Waals surface area contributed by atoms with Crippen molar-refractivity contribution < 1.29 is 41.6 Å². The van der Waals surface area contributed by atoms with Gasteiger partial charge in [-0.3, -0.25) is 9.59 Å². The summed E-state index contributed by atoms with van der Waals surface area (Å²) in [7, 11) is 0. The summed E-state index contributed by atoms with van der Waals surface area (Å²) in [6.45, 7) is 0.113. The number of carbonyl (C=O) groups excluding carboxylic acids is 1. The minimum Gasteiger partial charge on any atom is -0.481 e. The van der Waals surface area contributed by atoms with Crippen molar-refractivity contribution in [2.24, 2.45) is 23.7 Å². The first-order valence-corrected chi connectivity index (χ1v) is 10.4. The Morgan fingerprint density at radius 1 is 1.37 bits per heavy atom. The number of ether oxygens (including phenoxy) is 1. The Balaban J connectivity index is 2.17. The van der Waals surface area contributed by atoms with Crippen LogP contribution in [0.1, 0.15) is 66.0 Å². The van der Waals surface area contributed by atoms with Gasteiger partial charge in [0.15, 0.2) is 0 Å². The number of carbonyl (C=O) groups is 2. The number of hydrogen-bond donors (Lipinski definition) is 4. The lowest BCUT2D eigenvalue weighted by molar-refractivity contribution is -0.159. The minimum absolute atomic E-state index is 0.0102. The first-order chi connectivity index (χ1) is 16.0. The molecule has 7 heteroatoms. The van der Waals surface area contributed by atoms with Crippen LogP contribution < -0.4 is 0 Å². The van der Waals surface area contributed by atoms with Crippen molar-refractivity contribution in [1.29, 1.82) is 0 Å². The molecule has 2 aliphatic carbocycles. The zero-order valence-electron chi connectivity index (χ0n) is 22.4. The summed E-state index contributed by atoms with van der Waals surface area (Å²) in [6, 6.07) is 0. The molecule has 2 rings (SSSR count). The Bertz CT molecular complexity index is 826. The van der Waals surface area contributed by atoms with E-state index in [1.807, 2.05) is 19.1 Å². The first-order valence-electron chi connectivity index (χ1n) is 12.9. The van der Waals surface area contributed by atoms with E-state index in [0.29, 0.717) is 6.42 Å². The summed E-state index contributed by atoms with van der Waals surface area (Å²) in [5.74, 6) is -4.19. The first kappa shape index (κ1) is 17.9. The van der Waals surface area contributed by atoms with Crippen molar-refractivity contribution in [2.75, 3.05) is 0 Å². The van der Waals surface area contributed by atoms with Crippen molar-refractivity contribution in [3.63, 3.8) is 0 Å². The van der Waals surface area contributed by atoms with Crippen molar-refractivity contribution in [3.8, 4) is 0 Å². The lowest BCUT2D eigenvalue weighted by atomic mass is 9.66. The van der Waals surface area contributed by atoms with Crippen LogP contribution in [0, 0.1) is 23.7 Å². The van der Waals surface area contributed by atoms with Gasteiger partial charge in [0, 0.05) is 19.2 Å². The Kier molecular flexibility index (Phi) is 6.62. The average molecular weight is 430 g/mol. The molecule has 0 bridgehead atoms. The molecular weight excluding hydrogens is 388 g/mol. The highest BCUT2D eigenvalue weighted by Gasteiger charge is 2.42. The molecule has 2 aliphatic rings. The Morgan fingerprint density at radius 2 is 2.10 bits per heavy atom. The molecule has 0 radical (unpaired) electrons. The van der Waals surface area contributed by atoms with Crippen molar-refractivity contribution in [1.82, 2.24) is 0 Å². The van der Waals surface area contributed by atoms with E-state index in [9.17, 15) is 24.9 Å².